The Labute approximate surface area is 110 Å². The lowest BCUT2D eigenvalue weighted by Gasteiger charge is -2.42. The molecule has 1 aromatic rings. The maximum absolute atomic E-state index is 11.0. The minimum atomic E-state index is -0.566. The van der Waals surface area contributed by atoms with Gasteiger partial charge in [0, 0.05) is 6.42 Å². The largest absolute Gasteiger partial charge is 0.508 e. The average Bonchev–Trinajstić information content (AvgIpc) is 2.32. The Bertz CT molecular complexity index is 383. The summed E-state index contributed by atoms with van der Waals surface area (Å²) >= 11 is 0. The van der Waals surface area contributed by atoms with E-state index in [2.05, 4.69) is 13.8 Å². The molecule has 0 saturated heterocycles. The van der Waals surface area contributed by atoms with Crippen molar-refractivity contribution < 1.29 is 10.2 Å². The zero-order valence-corrected chi connectivity index (χ0v) is 11.4. The molecule has 0 radical (unpaired) electrons. The fraction of sp³-hybridized carbons (Fsp3) is 0.625. The molecular weight excluding hydrogens is 224 g/mol. The van der Waals surface area contributed by atoms with E-state index in [1.807, 2.05) is 12.1 Å². The highest BCUT2D eigenvalue weighted by molar-refractivity contribution is 5.27. The molecule has 0 heterocycles. The fourth-order valence-corrected chi connectivity index (χ4v) is 3.39. The third-order valence-electron chi connectivity index (χ3n) is 4.32. The predicted molar refractivity (Wildman–Crippen MR) is 73.6 cm³/mol. The van der Waals surface area contributed by atoms with Crippen molar-refractivity contribution in [2.75, 3.05) is 0 Å². The molecule has 2 heteroatoms. The van der Waals surface area contributed by atoms with Gasteiger partial charge in [0.1, 0.15) is 5.75 Å². The van der Waals surface area contributed by atoms with E-state index in [4.69, 9.17) is 0 Å². The second-order valence-electron chi connectivity index (χ2n) is 6.04. The lowest BCUT2D eigenvalue weighted by atomic mass is 9.68. The molecular formula is C16H24O2. The van der Waals surface area contributed by atoms with Crippen molar-refractivity contribution in [3.8, 4) is 5.75 Å². The van der Waals surface area contributed by atoms with Crippen molar-refractivity contribution in [1.82, 2.24) is 0 Å². The molecule has 0 amide bonds. The first-order valence-corrected chi connectivity index (χ1v) is 7.01. The molecule has 2 rings (SSSR count). The van der Waals surface area contributed by atoms with Gasteiger partial charge in [-0.2, -0.15) is 0 Å². The first-order valence-electron chi connectivity index (χ1n) is 7.01. The van der Waals surface area contributed by atoms with Gasteiger partial charge in [-0.15, -0.1) is 0 Å². The molecule has 0 aromatic heterocycles. The van der Waals surface area contributed by atoms with E-state index in [1.54, 1.807) is 12.1 Å². The summed E-state index contributed by atoms with van der Waals surface area (Å²) in [6.07, 6.45) is 5.09. The highest BCUT2D eigenvalue weighted by Gasteiger charge is 2.40. The van der Waals surface area contributed by atoms with E-state index >= 15 is 0 Å². The van der Waals surface area contributed by atoms with Crippen molar-refractivity contribution >= 4 is 0 Å². The molecule has 1 fully saturated rings. The van der Waals surface area contributed by atoms with Crippen molar-refractivity contribution in [2.24, 2.45) is 11.8 Å². The van der Waals surface area contributed by atoms with Crippen LogP contribution in [0.2, 0.25) is 0 Å². The molecule has 0 bridgehead atoms. The standard InChI is InChI=1S/C16H24O2/c1-12(2)15-5-3-4-10-16(15,18)11-13-6-8-14(17)9-7-13/h6-9,12,15,17-18H,3-5,10-11H2,1-2H3. The first kappa shape index (κ1) is 13.4. The lowest BCUT2D eigenvalue weighted by molar-refractivity contribution is -0.0652. The minimum absolute atomic E-state index is 0.287. The molecule has 2 unspecified atom stereocenters. The van der Waals surface area contributed by atoms with Crippen molar-refractivity contribution in [2.45, 2.75) is 51.6 Å². The average molecular weight is 248 g/mol. The van der Waals surface area contributed by atoms with Crippen LogP contribution >= 0.6 is 0 Å². The lowest BCUT2D eigenvalue weighted by Crippen LogP contribution is -2.45. The highest BCUT2D eigenvalue weighted by Crippen LogP contribution is 2.40. The summed E-state index contributed by atoms with van der Waals surface area (Å²) in [5, 5.41) is 20.3. The van der Waals surface area contributed by atoms with E-state index in [0.29, 0.717) is 18.3 Å². The molecule has 1 saturated carbocycles. The van der Waals surface area contributed by atoms with Crippen LogP contribution in [0.1, 0.15) is 45.1 Å². The van der Waals surface area contributed by atoms with Crippen LogP contribution in [0, 0.1) is 11.8 Å². The Morgan fingerprint density at radius 1 is 1.22 bits per heavy atom. The smallest absolute Gasteiger partial charge is 0.115 e. The minimum Gasteiger partial charge on any atom is -0.508 e. The third-order valence-corrected chi connectivity index (χ3v) is 4.32. The van der Waals surface area contributed by atoms with Crippen molar-refractivity contribution in [1.29, 1.82) is 0 Å². The zero-order chi connectivity index (χ0) is 13.2. The molecule has 1 aliphatic carbocycles. The number of phenols is 1. The summed E-state index contributed by atoms with van der Waals surface area (Å²) in [4.78, 5) is 0. The Hall–Kier alpha value is -1.02. The Kier molecular flexibility index (Phi) is 3.96. The summed E-state index contributed by atoms with van der Waals surface area (Å²) in [6, 6.07) is 7.23. The van der Waals surface area contributed by atoms with Gasteiger partial charge in [0.2, 0.25) is 0 Å². The molecule has 1 aromatic carbocycles. The summed E-state index contributed by atoms with van der Waals surface area (Å²) in [5.41, 5.74) is 0.548. The van der Waals surface area contributed by atoms with Crippen molar-refractivity contribution in [3.63, 3.8) is 0 Å². The van der Waals surface area contributed by atoms with Crippen LogP contribution in [0.15, 0.2) is 24.3 Å². The molecule has 2 nitrogen and oxygen atoms in total. The Morgan fingerprint density at radius 2 is 1.89 bits per heavy atom. The van der Waals surface area contributed by atoms with E-state index in [9.17, 15) is 10.2 Å². The highest BCUT2D eigenvalue weighted by atomic mass is 16.3. The molecule has 0 spiro atoms. The van der Waals surface area contributed by atoms with E-state index in [0.717, 1.165) is 24.8 Å². The van der Waals surface area contributed by atoms with E-state index in [-0.39, 0.29) is 5.75 Å². The van der Waals surface area contributed by atoms with Crippen molar-refractivity contribution in [3.05, 3.63) is 29.8 Å². The Balaban J connectivity index is 2.15. The van der Waals surface area contributed by atoms with E-state index < -0.39 is 5.60 Å². The van der Waals surface area contributed by atoms with Crippen LogP contribution in [-0.2, 0) is 6.42 Å². The summed E-state index contributed by atoms with van der Waals surface area (Å²) in [6.45, 7) is 4.41. The topological polar surface area (TPSA) is 40.5 Å². The number of phenolic OH excluding ortho intramolecular Hbond substituents is 1. The number of aromatic hydroxyl groups is 1. The van der Waals surface area contributed by atoms with Gasteiger partial charge in [0.25, 0.3) is 0 Å². The van der Waals surface area contributed by atoms with Gasteiger partial charge in [0.05, 0.1) is 5.60 Å². The predicted octanol–water partition coefficient (Wildman–Crippen LogP) is 3.51. The van der Waals surface area contributed by atoms with Crippen LogP contribution in [0.25, 0.3) is 0 Å². The number of benzene rings is 1. The monoisotopic (exact) mass is 248 g/mol. The molecule has 18 heavy (non-hydrogen) atoms. The van der Waals surface area contributed by atoms with Crippen LogP contribution in [0.3, 0.4) is 0 Å². The van der Waals surface area contributed by atoms with Gasteiger partial charge < -0.3 is 10.2 Å². The van der Waals surface area contributed by atoms with Gasteiger partial charge >= 0.3 is 0 Å². The Morgan fingerprint density at radius 3 is 2.50 bits per heavy atom. The molecule has 0 aliphatic heterocycles. The number of hydrogen-bond acceptors (Lipinski definition) is 2. The summed E-state index contributed by atoms with van der Waals surface area (Å²) < 4.78 is 0. The number of rotatable bonds is 3. The molecule has 1 aliphatic rings. The SMILES string of the molecule is CC(C)C1CCCCC1(O)Cc1ccc(O)cc1. The van der Waals surface area contributed by atoms with Crippen LogP contribution < -0.4 is 0 Å². The van der Waals surface area contributed by atoms with Gasteiger partial charge in [0.15, 0.2) is 0 Å². The molecule has 100 valence electrons. The second-order valence-corrected chi connectivity index (χ2v) is 6.04. The molecule has 2 atom stereocenters. The van der Waals surface area contributed by atoms with Gasteiger partial charge in [-0.1, -0.05) is 38.8 Å². The van der Waals surface area contributed by atoms with Gasteiger partial charge in [-0.05, 0) is 42.4 Å². The quantitative estimate of drug-likeness (QED) is 0.859. The summed E-state index contributed by atoms with van der Waals surface area (Å²) in [5.74, 6) is 1.20. The first-order chi connectivity index (χ1) is 8.51. The number of hydrogen-bond donors (Lipinski definition) is 2. The van der Waals surface area contributed by atoms with Crippen LogP contribution in [0.4, 0.5) is 0 Å². The fourth-order valence-electron chi connectivity index (χ4n) is 3.39. The summed E-state index contributed by atoms with van der Waals surface area (Å²) in [7, 11) is 0. The molecule has 2 N–H and O–H groups in total. The third kappa shape index (κ3) is 2.86. The van der Waals surface area contributed by atoms with Gasteiger partial charge in [-0.25, -0.2) is 0 Å². The van der Waals surface area contributed by atoms with E-state index in [1.165, 1.54) is 6.42 Å². The van der Waals surface area contributed by atoms with Crippen LogP contribution in [0.5, 0.6) is 5.75 Å². The van der Waals surface area contributed by atoms with Gasteiger partial charge in [-0.3, -0.25) is 0 Å². The zero-order valence-electron chi connectivity index (χ0n) is 11.4. The maximum atomic E-state index is 11.0. The maximum Gasteiger partial charge on any atom is 0.115 e. The van der Waals surface area contributed by atoms with Crippen LogP contribution in [-0.4, -0.2) is 15.8 Å². The number of aliphatic hydroxyl groups is 1. The second kappa shape index (κ2) is 5.31. The normalized spacial score (nSPS) is 28.6.